The highest BCUT2D eigenvalue weighted by molar-refractivity contribution is 5.92. The molecule has 3 rings (SSSR count). The summed E-state index contributed by atoms with van der Waals surface area (Å²) < 4.78 is 5.50. The lowest BCUT2D eigenvalue weighted by Crippen LogP contribution is -2.61. The molecule has 0 aromatic carbocycles. The van der Waals surface area contributed by atoms with Gasteiger partial charge in [0.05, 0.1) is 6.61 Å². The molecule has 1 amide bonds. The van der Waals surface area contributed by atoms with E-state index >= 15 is 0 Å². The maximum Gasteiger partial charge on any atom is 0.272 e. The van der Waals surface area contributed by atoms with Crippen molar-refractivity contribution in [2.45, 2.75) is 12.8 Å². The average molecular weight is 233 g/mol. The fraction of sp³-hybridized carbons (Fsp3) is 0.583. The van der Waals surface area contributed by atoms with Crippen LogP contribution < -0.4 is 0 Å². The Morgan fingerprint density at radius 2 is 2.35 bits per heavy atom. The van der Waals surface area contributed by atoms with Crippen molar-refractivity contribution in [3.8, 4) is 0 Å². The SMILES string of the molecule is O=C(c1ccncn1)N1CC2(CCCOC2)C1. The number of carbonyl (C=O) groups is 1. The summed E-state index contributed by atoms with van der Waals surface area (Å²) in [6.45, 7) is 3.26. The first-order chi connectivity index (χ1) is 8.29. The summed E-state index contributed by atoms with van der Waals surface area (Å²) in [5, 5.41) is 0. The second kappa shape index (κ2) is 4.07. The molecule has 2 aliphatic rings. The predicted molar refractivity (Wildman–Crippen MR) is 60.4 cm³/mol. The van der Waals surface area contributed by atoms with E-state index in [-0.39, 0.29) is 11.3 Å². The van der Waals surface area contributed by atoms with Crippen LogP contribution in [0.3, 0.4) is 0 Å². The highest BCUT2D eigenvalue weighted by Gasteiger charge is 2.46. The molecule has 2 saturated heterocycles. The Kier molecular flexibility index (Phi) is 2.55. The zero-order valence-electron chi connectivity index (χ0n) is 9.63. The number of hydrogen-bond acceptors (Lipinski definition) is 4. The Labute approximate surface area is 99.8 Å². The summed E-state index contributed by atoms with van der Waals surface area (Å²) in [6, 6.07) is 1.66. The van der Waals surface area contributed by atoms with Gasteiger partial charge in [-0.05, 0) is 18.9 Å². The van der Waals surface area contributed by atoms with Gasteiger partial charge in [0.1, 0.15) is 12.0 Å². The smallest absolute Gasteiger partial charge is 0.272 e. The number of carbonyl (C=O) groups excluding carboxylic acids is 1. The van der Waals surface area contributed by atoms with Crippen LogP contribution in [0.2, 0.25) is 0 Å². The van der Waals surface area contributed by atoms with E-state index in [4.69, 9.17) is 4.74 Å². The number of rotatable bonds is 1. The van der Waals surface area contributed by atoms with Gasteiger partial charge in [0.25, 0.3) is 5.91 Å². The van der Waals surface area contributed by atoms with Crippen molar-refractivity contribution in [1.29, 1.82) is 0 Å². The van der Waals surface area contributed by atoms with Gasteiger partial charge in [-0.25, -0.2) is 9.97 Å². The molecule has 90 valence electrons. The quantitative estimate of drug-likeness (QED) is 0.717. The number of amides is 1. The summed E-state index contributed by atoms with van der Waals surface area (Å²) in [4.78, 5) is 21.7. The first-order valence-corrected chi connectivity index (χ1v) is 5.92. The molecule has 0 unspecified atom stereocenters. The molecule has 1 aromatic heterocycles. The van der Waals surface area contributed by atoms with Gasteiger partial charge in [0, 0.05) is 31.3 Å². The van der Waals surface area contributed by atoms with Gasteiger partial charge >= 0.3 is 0 Å². The third kappa shape index (κ3) is 1.91. The molecule has 1 spiro atoms. The fourth-order valence-corrected chi connectivity index (χ4v) is 2.65. The summed E-state index contributed by atoms with van der Waals surface area (Å²) in [6.07, 6.45) is 5.28. The van der Waals surface area contributed by atoms with Gasteiger partial charge in [-0.1, -0.05) is 0 Å². The van der Waals surface area contributed by atoms with Crippen LogP contribution in [0.5, 0.6) is 0 Å². The molecule has 0 N–H and O–H groups in total. The molecule has 17 heavy (non-hydrogen) atoms. The van der Waals surface area contributed by atoms with Crippen LogP contribution >= 0.6 is 0 Å². The number of likely N-dealkylation sites (tertiary alicyclic amines) is 1. The summed E-state index contributed by atoms with van der Waals surface area (Å²) in [7, 11) is 0. The molecule has 1 aromatic rings. The topological polar surface area (TPSA) is 55.3 Å². The molecule has 2 fully saturated rings. The Bertz CT molecular complexity index is 407. The van der Waals surface area contributed by atoms with E-state index in [1.165, 1.54) is 12.7 Å². The second-order valence-corrected chi connectivity index (χ2v) is 4.91. The molecular weight excluding hydrogens is 218 g/mol. The Morgan fingerprint density at radius 3 is 3.00 bits per heavy atom. The van der Waals surface area contributed by atoms with E-state index in [9.17, 15) is 4.79 Å². The molecule has 5 nitrogen and oxygen atoms in total. The molecule has 0 radical (unpaired) electrons. The number of ether oxygens (including phenoxy) is 1. The van der Waals surface area contributed by atoms with Gasteiger partial charge in [0.15, 0.2) is 0 Å². The van der Waals surface area contributed by atoms with Crippen molar-refractivity contribution in [2.24, 2.45) is 5.41 Å². The van der Waals surface area contributed by atoms with Crippen molar-refractivity contribution in [1.82, 2.24) is 14.9 Å². The third-order valence-electron chi connectivity index (χ3n) is 3.54. The lowest BCUT2D eigenvalue weighted by molar-refractivity contribution is -0.0864. The van der Waals surface area contributed by atoms with Gasteiger partial charge in [-0.3, -0.25) is 4.79 Å². The minimum Gasteiger partial charge on any atom is -0.381 e. The molecule has 0 atom stereocenters. The number of nitrogens with zero attached hydrogens (tertiary/aromatic N) is 3. The lowest BCUT2D eigenvalue weighted by atomic mass is 9.75. The Balaban J connectivity index is 1.64. The van der Waals surface area contributed by atoms with Crippen molar-refractivity contribution in [3.05, 3.63) is 24.3 Å². The predicted octanol–water partition coefficient (Wildman–Crippen LogP) is 0.729. The van der Waals surface area contributed by atoms with Crippen LogP contribution in [-0.4, -0.2) is 47.1 Å². The second-order valence-electron chi connectivity index (χ2n) is 4.91. The lowest BCUT2D eigenvalue weighted by Gasteiger charge is -2.51. The van der Waals surface area contributed by atoms with E-state index in [1.54, 1.807) is 12.3 Å². The Morgan fingerprint density at radius 1 is 1.47 bits per heavy atom. The summed E-state index contributed by atoms with van der Waals surface area (Å²) in [5.41, 5.74) is 0.701. The average Bonchev–Trinajstić information content (AvgIpc) is 2.37. The molecule has 0 saturated carbocycles. The highest BCUT2D eigenvalue weighted by atomic mass is 16.5. The minimum atomic E-state index is 0.00333. The fourth-order valence-electron chi connectivity index (χ4n) is 2.65. The molecule has 3 heterocycles. The molecule has 5 heteroatoms. The summed E-state index contributed by atoms with van der Waals surface area (Å²) >= 11 is 0. The number of aromatic nitrogens is 2. The molecule has 0 aliphatic carbocycles. The van der Waals surface area contributed by atoms with Crippen LogP contribution in [0.1, 0.15) is 23.3 Å². The zero-order chi connectivity index (χ0) is 11.7. The van der Waals surface area contributed by atoms with Crippen LogP contribution in [0.15, 0.2) is 18.6 Å². The highest BCUT2D eigenvalue weighted by Crippen LogP contribution is 2.38. The first-order valence-electron chi connectivity index (χ1n) is 5.92. The van der Waals surface area contributed by atoms with E-state index in [0.717, 1.165) is 32.7 Å². The van der Waals surface area contributed by atoms with Crippen LogP contribution in [0, 0.1) is 5.41 Å². The zero-order valence-corrected chi connectivity index (χ0v) is 9.63. The van der Waals surface area contributed by atoms with Crippen LogP contribution in [0.25, 0.3) is 0 Å². The van der Waals surface area contributed by atoms with Gasteiger partial charge in [-0.2, -0.15) is 0 Å². The molecule has 2 aliphatic heterocycles. The largest absolute Gasteiger partial charge is 0.381 e. The van der Waals surface area contributed by atoms with Crippen molar-refractivity contribution in [3.63, 3.8) is 0 Å². The van der Waals surface area contributed by atoms with Gasteiger partial charge < -0.3 is 9.64 Å². The standard InChI is InChI=1S/C12H15N3O2/c16-11(10-2-4-13-9-14-10)15-6-12(7-15)3-1-5-17-8-12/h2,4,9H,1,3,5-8H2. The van der Waals surface area contributed by atoms with E-state index in [2.05, 4.69) is 9.97 Å². The van der Waals surface area contributed by atoms with Crippen molar-refractivity contribution in [2.75, 3.05) is 26.3 Å². The van der Waals surface area contributed by atoms with E-state index in [1.807, 2.05) is 4.90 Å². The Hall–Kier alpha value is -1.49. The van der Waals surface area contributed by atoms with Crippen LogP contribution in [-0.2, 0) is 4.74 Å². The molecule has 0 bridgehead atoms. The maximum absolute atomic E-state index is 12.0. The van der Waals surface area contributed by atoms with Gasteiger partial charge in [-0.15, -0.1) is 0 Å². The minimum absolute atomic E-state index is 0.00333. The third-order valence-corrected chi connectivity index (χ3v) is 3.54. The molecular formula is C12H15N3O2. The monoisotopic (exact) mass is 233 g/mol. The van der Waals surface area contributed by atoms with E-state index < -0.39 is 0 Å². The van der Waals surface area contributed by atoms with Crippen molar-refractivity contribution >= 4 is 5.91 Å². The number of hydrogen-bond donors (Lipinski definition) is 0. The maximum atomic E-state index is 12.0. The van der Waals surface area contributed by atoms with E-state index in [0.29, 0.717) is 5.69 Å². The van der Waals surface area contributed by atoms with Crippen LogP contribution in [0.4, 0.5) is 0 Å². The first kappa shape index (κ1) is 10.7. The normalized spacial score (nSPS) is 22.2. The summed E-state index contributed by atoms with van der Waals surface area (Å²) in [5.74, 6) is 0.00333. The van der Waals surface area contributed by atoms with Crippen molar-refractivity contribution < 1.29 is 9.53 Å². The van der Waals surface area contributed by atoms with Gasteiger partial charge in [0.2, 0.25) is 0 Å².